The first-order valence-corrected chi connectivity index (χ1v) is 13.2. The second-order valence-corrected chi connectivity index (χ2v) is 10.3. The standard InChI is InChI=1S/C31H39N5O3/c1-5-33-30(39)36(22-23-12-7-6-8-13-23)34-29(38)27(35(4)28(37)16-11-19-31(2,3)32)21-24-17-18-25-14-9-10-15-26(25)20-24/h6-18,20,27H,5,19,21-22,32H2,1-4H3,(H,33,39)(H,34,38)/t27-/m1/s1. The van der Waals surface area contributed by atoms with Crippen molar-refractivity contribution in [2.75, 3.05) is 13.6 Å². The van der Waals surface area contributed by atoms with Gasteiger partial charge in [-0.05, 0) is 55.2 Å². The summed E-state index contributed by atoms with van der Waals surface area (Å²) >= 11 is 0. The van der Waals surface area contributed by atoms with Crippen LogP contribution in [0.15, 0.2) is 84.9 Å². The van der Waals surface area contributed by atoms with Gasteiger partial charge in [-0.2, -0.15) is 0 Å². The molecule has 0 fully saturated rings. The van der Waals surface area contributed by atoms with Gasteiger partial charge < -0.3 is 16.0 Å². The first-order valence-electron chi connectivity index (χ1n) is 13.2. The number of carbonyl (C=O) groups excluding carboxylic acids is 3. The van der Waals surface area contributed by atoms with Gasteiger partial charge >= 0.3 is 6.03 Å². The minimum absolute atomic E-state index is 0.171. The van der Waals surface area contributed by atoms with E-state index >= 15 is 0 Å². The van der Waals surface area contributed by atoms with Crippen LogP contribution in [0.3, 0.4) is 0 Å². The van der Waals surface area contributed by atoms with Gasteiger partial charge in [0, 0.05) is 25.6 Å². The summed E-state index contributed by atoms with van der Waals surface area (Å²) in [7, 11) is 1.60. The quantitative estimate of drug-likeness (QED) is 0.271. The summed E-state index contributed by atoms with van der Waals surface area (Å²) < 4.78 is 0. The molecule has 0 spiro atoms. The molecule has 0 bridgehead atoms. The minimum Gasteiger partial charge on any atom is -0.337 e. The van der Waals surface area contributed by atoms with E-state index < -0.39 is 23.5 Å². The molecule has 0 aromatic heterocycles. The molecule has 0 saturated heterocycles. The highest BCUT2D eigenvalue weighted by Gasteiger charge is 2.29. The van der Waals surface area contributed by atoms with Crippen molar-refractivity contribution < 1.29 is 14.4 Å². The summed E-state index contributed by atoms with van der Waals surface area (Å²) in [6.07, 6.45) is 3.95. The Morgan fingerprint density at radius 1 is 0.949 bits per heavy atom. The molecule has 3 aromatic rings. The first kappa shape index (κ1) is 29.4. The minimum atomic E-state index is -0.873. The summed E-state index contributed by atoms with van der Waals surface area (Å²) in [4.78, 5) is 41.1. The zero-order chi connectivity index (χ0) is 28.4. The molecule has 0 saturated carbocycles. The number of hydrazine groups is 1. The van der Waals surface area contributed by atoms with Crippen molar-refractivity contribution >= 4 is 28.6 Å². The molecule has 1 atom stereocenters. The van der Waals surface area contributed by atoms with Crippen LogP contribution in [0.2, 0.25) is 0 Å². The smallest absolute Gasteiger partial charge is 0.336 e. The summed E-state index contributed by atoms with van der Waals surface area (Å²) in [6, 6.07) is 22.0. The van der Waals surface area contributed by atoms with Crippen LogP contribution in [-0.4, -0.2) is 52.9 Å². The molecule has 0 radical (unpaired) electrons. The predicted molar refractivity (Wildman–Crippen MR) is 155 cm³/mol. The van der Waals surface area contributed by atoms with Crippen LogP contribution in [0.1, 0.15) is 38.3 Å². The van der Waals surface area contributed by atoms with Crippen molar-refractivity contribution in [3.8, 4) is 0 Å². The van der Waals surface area contributed by atoms with Crippen molar-refractivity contribution in [3.63, 3.8) is 0 Å². The Balaban J connectivity index is 1.88. The van der Waals surface area contributed by atoms with E-state index in [0.717, 1.165) is 21.9 Å². The number of hydrogen-bond acceptors (Lipinski definition) is 4. The third-order valence-electron chi connectivity index (χ3n) is 6.27. The van der Waals surface area contributed by atoms with E-state index in [1.54, 1.807) is 13.1 Å². The Labute approximate surface area is 230 Å². The van der Waals surface area contributed by atoms with Gasteiger partial charge in [-0.25, -0.2) is 9.80 Å². The lowest BCUT2D eigenvalue weighted by Gasteiger charge is -2.30. The average molecular weight is 530 g/mol. The van der Waals surface area contributed by atoms with Gasteiger partial charge in [-0.1, -0.05) is 78.9 Å². The normalized spacial score (nSPS) is 12.2. The van der Waals surface area contributed by atoms with E-state index in [2.05, 4.69) is 10.7 Å². The average Bonchev–Trinajstić information content (AvgIpc) is 2.90. The molecule has 0 aliphatic carbocycles. The number of nitrogens with zero attached hydrogens (tertiary/aromatic N) is 2. The summed E-state index contributed by atoms with van der Waals surface area (Å²) in [5.41, 5.74) is 10.1. The molecule has 0 aliphatic heterocycles. The number of carbonyl (C=O) groups is 3. The highest BCUT2D eigenvalue weighted by atomic mass is 16.2. The second kappa shape index (κ2) is 13.6. The molecule has 3 aromatic carbocycles. The number of nitrogens with one attached hydrogen (secondary N) is 2. The fourth-order valence-electron chi connectivity index (χ4n) is 4.11. The molecule has 8 nitrogen and oxygen atoms in total. The number of rotatable bonds is 10. The lowest BCUT2D eigenvalue weighted by Crippen LogP contribution is -2.56. The van der Waals surface area contributed by atoms with Gasteiger partial charge in [-0.3, -0.25) is 15.0 Å². The van der Waals surface area contributed by atoms with Gasteiger partial charge in [0.2, 0.25) is 5.91 Å². The van der Waals surface area contributed by atoms with Crippen LogP contribution >= 0.6 is 0 Å². The third-order valence-corrected chi connectivity index (χ3v) is 6.27. The van der Waals surface area contributed by atoms with E-state index in [1.165, 1.54) is 16.0 Å². The van der Waals surface area contributed by atoms with Gasteiger partial charge in [0.05, 0.1) is 6.54 Å². The summed E-state index contributed by atoms with van der Waals surface area (Å²) in [5, 5.41) is 6.12. The maximum absolute atomic E-state index is 13.7. The van der Waals surface area contributed by atoms with Gasteiger partial charge in [0.25, 0.3) is 5.91 Å². The van der Waals surface area contributed by atoms with Gasteiger partial charge in [-0.15, -0.1) is 0 Å². The molecule has 0 heterocycles. The number of hydrogen-bond donors (Lipinski definition) is 3. The largest absolute Gasteiger partial charge is 0.337 e. The first-order chi connectivity index (χ1) is 18.6. The monoisotopic (exact) mass is 529 g/mol. The zero-order valence-electron chi connectivity index (χ0n) is 23.2. The number of urea groups is 1. The lowest BCUT2D eigenvalue weighted by molar-refractivity contribution is -0.138. The van der Waals surface area contributed by atoms with Crippen molar-refractivity contribution in [1.29, 1.82) is 0 Å². The summed E-state index contributed by atoms with van der Waals surface area (Å²) in [6.45, 7) is 6.14. The Bertz CT molecular complexity index is 1300. The fraction of sp³-hybridized carbons (Fsp3) is 0.323. The zero-order valence-corrected chi connectivity index (χ0v) is 23.2. The highest BCUT2D eigenvalue weighted by molar-refractivity contribution is 5.93. The van der Waals surface area contributed by atoms with Gasteiger partial charge in [0.15, 0.2) is 0 Å². The Kier molecular flexibility index (Phi) is 10.2. The number of amides is 4. The molecule has 3 rings (SSSR count). The van der Waals surface area contributed by atoms with E-state index in [1.807, 2.05) is 93.6 Å². The van der Waals surface area contributed by atoms with Crippen LogP contribution in [0, 0.1) is 0 Å². The molecular formula is C31H39N5O3. The van der Waals surface area contributed by atoms with Crippen molar-refractivity contribution in [3.05, 3.63) is 96.1 Å². The van der Waals surface area contributed by atoms with E-state index in [4.69, 9.17) is 5.73 Å². The Morgan fingerprint density at radius 3 is 2.28 bits per heavy atom. The number of fused-ring (bicyclic) bond motifs is 1. The molecule has 39 heavy (non-hydrogen) atoms. The van der Waals surface area contributed by atoms with Crippen LogP contribution in [-0.2, 0) is 22.6 Å². The lowest BCUT2D eigenvalue weighted by atomic mass is 10.00. The molecule has 8 heteroatoms. The van der Waals surface area contributed by atoms with Gasteiger partial charge in [0.1, 0.15) is 6.04 Å². The van der Waals surface area contributed by atoms with E-state index in [9.17, 15) is 14.4 Å². The van der Waals surface area contributed by atoms with Crippen LogP contribution in [0.5, 0.6) is 0 Å². The maximum Gasteiger partial charge on any atom is 0.336 e. The molecule has 0 aliphatic rings. The van der Waals surface area contributed by atoms with E-state index in [-0.39, 0.29) is 18.9 Å². The highest BCUT2D eigenvalue weighted by Crippen LogP contribution is 2.18. The second-order valence-electron chi connectivity index (χ2n) is 10.3. The van der Waals surface area contributed by atoms with Crippen molar-refractivity contribution in [2.24, 2.45) is 5.73 Å². The number of nitrogens with two attached hydrogens (primary N) is 1. The van der Waals surface area contributed by atoms with Crippen molar-refractivity contribution in [2.45, 2.75) is 51.7 Å². The van der Waals surface area contributed by atoms with E-state index in [0.29, 0.717) is 13.0 Å². The molecule has 4 N–H and O–H groups in total. The third kappa shape index (κ3) is 8.97. The van der Waals surface area contributed by atoms with Crippen LogP contribution in [0.25, 0.3) is 10.8 Å². The SMILES string of the molecule is CCNC(=O)N(Cc1ccccc1)NC(=O)[C@@H](Cc1ccc2ccccc2c1)N(C)C(=O)C=CCC(C)(C)N. The molecule has 0 unspecified atom stereocenters. The predicted octanol–water partition coefficient (Wildman–Crippen LogP) is 4.16. The van der Waals surface area contributed by atoms with Crippen LogP contribution in [0.4, 0.5) is 4.79 Å². The molecule has 206 valence electrons. The van der Waals surface area contributed by atoms with Crippen molar-refractivity contribution in [1.82, 2.24) is 20.7 Å². The Hall–Kier alpha value is -4.17. The summed E-state index contributed by atoms with van der Waals surface area (Å²) in [5.74, 6) is -0.790. The Morgan fingerprint density at radius 2 is 1.62 bits per heavy atom. The number of likely N-dealkylation sites (N-methyl/N-ethyl adjacent to an activating group) is 1. The van der Waals surface area contributed by atoms with Crippen LogP contribution < -0.4 is 16.5 Å². The molecular weight excluding hydrogens is 490 g/mol. The molecule has 4 amide bonds. The topological polar surface area (TPSA) is 108 Å². The number of benzene rings is 3. The fourth-order valence-corrected chi connectivity index (χ4v) is 4.11. The maximum atomic E-state index is 13.7.